The van der Waals surface area contributed by atoms with Crippen molar-refractivity contribution < 1.29 is 4.79 Å². The van der Waals surface area contributed by atoms with Crippen LogP contribution in [0.25, 0.3) is 0 Å². The molecule has 160 valence electrons. The molecule has 27 heavy (non-hydrogen) atoms. The zero-order valence-corrected chi connectivity index (χ0v) is 18.4. The van der Waals surface area contributed by atoms with Gasteiger partial charge in [0.1, 0.15) is 0 Å². The zero-order chi connectivity index (χ0) is 19.6. The molecular weight excluding hydrogens is 332 g/mol. The van der Waals surface area contributed by atoms with E-state index in [9.17, 15) is 4.79 Å². The lowest BCUT2D eigenvalue weighted by molar-refractivity contribution is -0.123. The van der Waals surface area contributed by atoms with Crippen molar-refractivity contribution in [3.63, 3.8) is 0 Å². The van der Waals surface area contributed by atoms with Crippen LogP contribution in [-0.2, 0) is 4.79 Å². The highest BCUT2D eigenvalue weighted by molar-refractivity contribution is 5.76. The highest BCUT2D eigenvalue weighted by atomic mass is 16.1. The molecule has 0 aromatic carbocycles. The number of hydrogen-bond donors (Lipinski definition) is 1. The molecule has 2 N–H and O–H groups in total. The molecule has 1 aliphatic heterocycles. The van der Waals surface area contributed by atoms with Crippen LogP contribution in [-0.4, -0.2) is 30.4 Å². The average Bonchev–Trinajstić information content (AvgIpc) is 2.68. The molecule has 3 nitrogen and oxygen atoms in total. The summed E-state index contributed by atoms with van der Waals surface area (Å²) in [6.07, 6.45) is 24.8. The average molecular weight is 381 g/mol. The van der Waals surface area contributed by atoms with Gasteiger partial charge >= 0.3 is 0 Å². The van der Waals surface area contributed by atoms with E-state index >= 15 is 0 Å². The number of piperidine rings is 1. The van der Waals surface area contributed by atoms with Crippen LogP contribution < -0.4 is 5.73 Å². The number of rotatable bonds is 18. The van der Waals surface area contributed by atoms with Crippen molar-refractivity contribution in [2.24, 2.45) is 11.7 Å². The summed E-state index contributed by atoms with van der Waals surface area (Å²) in [5.74, 6) is -0.00789. The Morgan fingerprint density at radius 1 is 0.778 bits per heavy atom. The van der Waals surface area contributed by atoms with E-state index in [0.29, 0.717) is 0 Å². The fraction of sp³-hybridized carbons (Fsp3) is 0.958. The van der Waals surface area contributed by atoms with Crippen LogP contribution in [0.5, 0.6) is 0 Å². The monoisotopic (exact) mass is 380 g/mol. The predicted molar refractivity (Wildman–Crippen MR) is 118 cm³/mol. The van der Waals surface area contributed by atoms with Gasteiger partial charge in [0, 0.05) is 6.54 Å². The molecule has 1 aliphatic rings. The Balaban J connectivity index is 1.76. The number of amides is 1. The van der Waals surface area contributed by atoms with Crippen molar-refractivity contribution in [2.45, 2.75) is 122 Å². The summed E-state index contributed by atoms with van der Waals surface area (Å²) in [7, 11) is 0. The summed E-state index contributed by atoms with van der Waals surface area (Å²) in [6, 6.07) is 0. The van der Waals surface area contributed by atoms with Crippen molar-refractivity contribution in [1.29, 1.82) is 0 Å². The number of primary amides is 1. The Hall–Kier alpha value is -0.570. The van der Waals surface area contributed by atoms with E-state index < -0.39 is 0 Å². The fourth-order valence-electron chi connectivity index (χ4n) is 4.37. The summed E-state index contributed by atoms with van der Waals surface area (Å²) in [6.45, 7) is 5.50. The number of unbranched alkanes of at least 4 members (excludes halogenated alkanes) is 15. The van der Waals surface area contributed by atoms with Gasteiger partial charge in [-0.1, -0.05) is 103 Å². The van der Waals surface area contributed by atoms with E-state index in [0.717, 1.165) is 32.5 Å². The van der Waals surface area contributed by atoms with Crippen LogP contribution in [0.1, 0.15) is 122 Å². The molecule has 1 heterocycles. The smallest absolute Gasteiger partial charge is 0.221 e. The van der Waals surface area contributed by atoms with Crippen molar-refractivity contribution in [1.82, 2.24) is 4.90 Å². The van der Waals surface area contributed by atoms with Gasteiger partial charge < -0.3 is 10.6 Å². The third-order valence-electron chi connectivity index (χ3n) is 6.24. The zero-order valence-electron chi connectivity index (χ0n) is 18.4. The lowest BCUT2D eigenvalue weighted by Crippen LogP contribution is -2.41. The molecule has 0 radical (unpaired) electrons. The van der Waals surface area contributed by atoms with Gasteiger partial charge in [-0.15, -0.1) is 0 Å². The molecule has 0 saturated carbocycles. The number of hydrogen-bond acceptors (Lipinski definition) is 2. The lowest BCUT2D eigenvalue weighted by atomic mass is 9.97. The molecule has 3 heteroatoms. The van der Waals surface area contributed by atoms with Crippen LogP contribution >= 0.6 is 0 Å². The van der Waals surface area contributed by atoms with Gasteiger partial charge in [0.15, 0.2) is 0 Å². The van der Waals surface area contributed by atoms with Gasteiger partial charge in [-0.05, 0) is 32.4 Å². The minimum absolute atomic E-state index is 0.0970. The Bertz CT molecular complexity index is 345. The predicted octanol–water partition coefficient (Wildman–Crippen LogP) is 6.45. The molecule has 1 rings (SSSR count). The van der Waals surface area contributed by atoms with Crippen LogP contribution in [0.15, 0.2) is 0 Å². The van der Waals surface area contributed by atoms with E-state index in [1.165, 1.54) is 103 Å². The third-order valence-corrected chi connectivity index (χ3v) is 6.24. The van der Waals surface area contributed by atoms with E-state index in [1.54, 1.807) is 0 Å². The van der Waals surface area contributed by atoms with Crippen LogP contribution in [0.4, 0.5) is 0 Å². The second-order valence-corrected chi connectivity index (χ2v) is 8.85. The minimum atomic E-state index is -0.105. The lowest BCUT2D eigenvalue weighted by Gasteiger charge is -2.31. The summed E-state index contributed by atoms with van der Waals surface area (Å²) >= 11 is 0. The second-order valence-electron chi connectivity index (χ2n) is 8.85. The molecule has 0 unspecified atom stereocenters. The molecule has 1 amide bonds. The summed E-state index contributed by atoms with van der Waals surface area (Å²) in [5.41, 5.74) is 5.45. The van der Waals surface area contributed by atoms with E-state index in [4.69, 9.17) is 5.73 Å². The number of likely N-dealkylation sites (tertiary alicyclic amines) is 1. The van der Waals surface area contributed by atoms with E-state index in [1.807, 2.05) is 0 Å². The standard InChI is InChI=1S/C24H48N2O/c1-2-3-4-5-6-7-8-9-10-11-12-13-14-15-16-17-20-26-21-18-19-23(22-26)24(25)27/h23H,2-22H2,1H3,(H2,25,27)/t23-/m0/s1. The summed E-state index contributed by atoms with van der Waals surface area (Å²) < 4.78 is 0. The molecule has 1 fully saturated rings. The topological polar surface area (TPSA) is 46.3 Å². The highest BCUT2D eigenvalue weighted by Crippen LogP contribution is 2.17. The molecule has 1 saturated heterocycles. The maximum absolute atomic E-state index is 11.3. The fourth-order valence-corrected chi connectivity index (χ4v) is 4.37. The summed E-state index contributed by atoms with van der Waals surface area (Å²) in [5, 5.41) is 0. The van der Waals surface area contributed by atoms with Gasteiger partial charge in [0.2, 0.25) is 5.91 Å². The molecule has 0 aromatic rings. The van der Waals surface area contributed by atoms with E-state index in [-0.39, 0.29) is 11.8 Å². The SMILES string of the molecule is CCCCCCCCCCCCCCCCCCN1CCC[C@H](C(N)=O)C1. The molecule has 0 spiro atoms. The van der Waals surface area contributed by atoms with Crippen molar-refractivity contribution in [3.05, 3.63) is 0 Å². The van der Waals surface area contributed by atoms with Gasteiger partial charge in [0.05, 0.1) is 5.92 Å². The second kappa shape index (κ2) is 17.5. The largest absolute Gasteiger partial charge is 0.369 e. The molecular formula is C24H48N2O. The molecule has 1 atom stereocenters. The highest BCUT2D eigenvalue weighted by Gasteiger charge is 2.23. The van der Waals surface area contributed by atoms with Gasteiger partial charge in [0.25, 0.3) is 0 Å². The first-order valence-electron chi connectivity index (χ1n) is 12.3. The van der Waals surface area contributed by atoms with Crippen molar-refractivity contribution in [2.75, 3.05) is 19.6 Å². The minimum Gasteiger partial charge on any atom is -0.369 e. The Morgan fingerprint density at radius 3 is 1.67 bits per heavy atom. The Morgan fingerprint density at radius 2 is 1.22 bits per heavy atom. The summed E-state index contributed by atoms with van der Waals surface area (Å²) in [4.78, 5) is 13.8. The number of carbonyl (C=O) groups excluding carboxylic acids is 1. The van der Waals surface area contributed by atoms with Crippen LogP contribution in [0.2, 0.25) is 0 Å². The van der Waals surface area contributed by atoms with Gasteiger partial charge in [-0.2, -0.15) is 0 Å². The number of nitrogens with two attached hydrogens (primary N) is 1. The van der Waals surface area contributed by atoms with E-state index in [2.05, 4.69) is 11.8 Å². The maximum Gasteiger partial charge on any atom is 0.221 e. The quantitative estimate of drug-likeness (QED) is 0.278. The van der Waals surface area contributed by atoms with Crippen LogP contribution in [0.3, 0.4) is 0 Å². The third kappa shape index (κ3) is 14.1. The van der Waals surface area contributed by atoms with Crippen molar-refractivity contribution in [3.8, 4) is 0 Å². The Labute approximate surface area is 169 Å². The molecule has 0 aromatic heterocycles. The van der Waals surface area contributed by atoms with Gasteiger partial charge in [-0.25, -0.2) is 0 Å². The van der Waals surface area contributed by atoms with Crippen molar-refractivity contribution >= 4 is 5.91 Å². The first kappa shape index (κ1) is 24.5. The molecule has 0 aliphatic carbocycles. The normalized spacial score (nSPS) is 18.0. The maximum atomic E-state index is 11.3. The first-order chi connectivity index (χ1) is 13.2. The Kier molecular flexibility index (Phi) is 15.9. The number of carbonyl (C=O) groups is 1. The van der Waals surface area contributed by atoms with Crippen LogP contribution in [0, 0.1) is 5.92 Å². The first-order valence-corrected chi connectivity index (χ1v) is 12.3. The molecule has 0 bridgehead atoms. The van der Waals surface area contributed by atoms with Gasteiger partial charge in [-0.3, -0.25) is 4.79 Å². The number of nitrogens with zero attached hydrogens (tertiary/aromatic N) is 1.